The van der Waals surface area contributed by atoms with Gasteiger partial charge in [0, 0.05) is 8.96 Å². The molecule has 0 amide bonds. The van der Waals surface area contributed by atoms with E-state index in [0.717, 1.165) is 9.09 Å². The van der Waals surface area contributed by atoms with E-state index in [0.29, 0.717) is 22.4 Å². The molecule has 0 saturated carbocycles. The molecule has 0 unspecified atom stereocenters. The molecule has 6 heteroatoms. The number of ether oxygens (including phenoxy) is 2. The van der Waals surface area contributed by atoms with Crippen molar-refractivity contribution in [1.82, 2.24) is 4.98 Å². The van der Waals surface area contributed by atoms with Crippen molar-refractivity contribution >= 4 is 45.2 Å². The summed E-state index contributed by atoms with van der Waals surface area (Å²) in [6.07, 6.45) is 0. The van der Waals surface area contributed by atoms with E-state index >= 15 is 0 Å². The van der Waals surface area contributed by atoms with E-state index in [4.69, 9.17) is 9.47 Å². The fraction of sp³-hybridized carbons (Fsp3) is 0.312. The number of aryl methyl sites for hydroxylation is 1. The fourth-order valence-electron chi connectivity index (χ4n) is 2.22. The number of fused-ring (bicyclic) bond motifs is 1. The van der Waals surface area contributed by atoms with Gasteiger partial charge in [-0.05, 0) is 61.6 Å². The Morgan fingerprint density at radius 1 is 1.32 bits per heavy atom. The number of nitrogens with zero attached hydrogens (tertiary/aromatic N) is 1. The number of ketones is 1. The molecular formula is C16H16INO4. The Bertz CT molecular complexity index is 742. The van der Waals surface area contributed by atoms with Crippen LogP contribution in [0, 0.1) is 10.5 Å². The van der Waals surface area contributed by atoms with E-state index < -0.39 is 5.97 Å². The van der Waals surface area contributed by atoms with Gasteiger partial charge in [0.25, 0.3) is 0 Å². The van der Waals surface area contributed by atoms with Crippen molar-refractivity contribution in [3.8, 4) is 5.75 Å². The molecule has 2 rings (SSSR count). The van der Waals surface area contributed by atoms with Crippen LogP contribution in [-0.4, -0.2) is 30.0 Å². The molecule has 0 spiro atoms. The predicted octanol–water partition coefficient (Wildman–Crippen LogP) is 3.29. The highest BCUT2D eigenvalue weighted by molar-refractivity contribution is 14.1. The lowest BCUT2D eigenvalue weighted by Gasteiger charge is -2.14. The number of hydrogen-bond donors (Lipinski definition) is 0. The maximum Gasteiger partial charge on any atom is 0.344 e. The van der Waals surface area contributed by atoms with Crippen molar-refractivity contribution in [1.29, 1.82) is 0 Å². The Hall–Kier alpha value is -1.70. The predicted molar refractivity (Wildman–Crippen MR) is 91.3 cm³/mol. The number of halogens is 1. The van der Waals surface area contributed by atoms with E-state index in [1.54, 1.807) is 13.8 Å². The van der Waals surface area contributed by atoms with E-state index in [1.807, 2.05) is 18.2 Å². The minimum atomic E-state index is -0.467. The smallest absolute Gasteiger partial charge is 0.344 e. The van der Waals surface area contributed by atoms with Gasteiger partial charge in [0.05, 0.1) is 23.4 Å². The average Bonchev–Trinajstić information content (AvgIpc) is 2.44. The zero-order chi connectivity index (χ0) is 16.3. The number of Topliss-reactive ketones (excluding diaryl/α,β-unsaturated/α-hetero) is 1. The number of esters is 1. The quantitative estimate of drug-likeness (QED) is 0.428. The molecule has 1 heterocycles. The summed E-state index contributed by atoms with van der Waals surface area (Å²) in [7, 11) is 0. The molecule has 0 radical (unpaired) electrons. The second-order valence-corrected chi connectivity index (χ2v) is 5.96. The molecule has 0 atom stereocenters. The first-order valence-electron chi connectivity index (χ1n) is 6.83. The minimum Gasteiger partial charge on any atom is -0.480 e. The first-order chi connectivity index (χ1) is 10.4. The standard InChI is InChI=1S/C16H16INO4/c1-4-21-14(20)8-22-16-12-7-11(17)5-6-13(12)18-9(2)15(16)10(3)19/h5-7H,4,8H2,1-3H3. The van der Waals surface area contributed by atoms with E-state index in [9.17, 15) is 9.59 Å². The molecule has 0 aliphatic heterocycles. The molecule has 22 heavy (non-hydrogen) atoms. The third-order valence-electron chi connectivity index (χ3n) is 3.07. The number of pyridine rings is 1. The SMILES string of the molecule is CCOC(=O)COc1c(C(C)=O)c(C)nc2ccc(I)cc12. The molecule has 0 fully saturated rings. The summed E-state index contributed by atoms with van der Waals surface area (Å²) in [4.78, 5) is 27.9. The molecule has 0 aliphatic carbocycles. The van der Waals surface area contributed by atoms with Crippen LogP contribution < -0.4 is 4.74 Å². The zero-order valence-electron chi connectivity index (χ0n) is 12.6. The lowest BCUT2D eigenvalue weighted by atomic mass is 10.0. The highest BCUT2D eigenvalue weighted by Crippen LogP contribution is 2.32. The van der Waals surface area contributed by atoms with E-state index in [1.165, 1.54) is 6.92 Å². The monoisotopic (exact) mass is 413 g/mol. The molecule has 1 aromatic heterocycles. The summed E-state index contributed by atoms with van der Waals surface area (Å²) in [5, 5.41) is 0.715. The Morgan fingerprint density at radius 2 is 2.05 bits per heavy atom. The normalized spacial score (nSPS) is 10.5. The summed E-state index contributed by atoms with van der Waals surface area (Å²) >= 11 is 2.18. The molecule has 0 N–H and O–H groups in total. The summed E-state index contributed by atoms with van der Waals surface area (Å²) < 4.78 is 11.5. The largest absolute Gasteiger partial charge is 0.480 e. The minimum absolute atomic E-state index is 0.148. The molecule has 0 bridgehead atoms. The van der Waals surface area contributed by atoms with Crippen LogP contribution >= 0.6 is 22.6 Å². The van der Waals surface area contributed by atoms with Crippen LogP contribution in [0.2, 0.25) is 0 Å². The van der Waals surface area contributed by atoms with Gasteiger partial charge in [0.15, 0.2) is 12.4 Å². The first-order valence-corrected chi connectivity index (χ1v) is 7.91. The topological polar surface area (TPSA) is 65.5 Å². The van der Waals surface area contributed by atoms with Crippen LogP contribution in [0.5, 0.6) is 5.75 Å². The maximum absolute atomic E-state index is 11.9. The third kappa shape index (κ3) is 3.55. The number of carbonyl (C=O) groups excluding carboxylic acids is 2. The van der Waals surface area contributed by atoms with E-state index in [2.05, 4.69) is 27.6 Å². The molecule has 5 nitrogen and oxygen atoms in total. The van der Waals surface area contributed by atoms with Gasteiger partial charge in [0.1, 0.15) is 5.75 Å². The second kappa shape index (κ2) is 7.04. The van der Waals surface area contributed by atoms with Gasteiger partial charge in [-0.25, -0.2) is 4.79 Å². The molecule has 0 saturated heterocycles. The number of rotatable bonds is 5. The van der Waals surface area contributed by atoms with Gasteiger partial charge < -0.3 is 9.47 Å². The van der Waals surface area contributed by atoms with Crippen LogP contribution in [0.3, 0.4) is 0 Å². The van der Waals surface area contributed by atoms with Crippen LogP contribution in [0.15, 0.2) is 18.2 Å². The average molecular weight is 413 g/mol. The molecular weight excluding hydrogens is 397 g/mol. The fourth-order valence-corrected chi connectivity index (χ4v) is 2.71. The van der Waals surface area contributed by atoms with Crippen molar-refractivity contribution in [3.63, 3.8) is 0 Å². The highest BCUT2D eigenvalue weighted by atomic mass is 127. The van der Waals surface area contributed by atoms with Crippen LogP contribution in [0.4, 0.5) is 0 Å². The van der Waals surface area contributed by atoms with Gasteiger partial charge in [0.2, 0.25) is 0 Å². The third-order valence-corrected chi connectivity index (χ3v) is 3.74. The van der Waals surface area contributed by atoms with Crippen LogP contribution in [0.1, 0.15) is 29.9 Å². The molecule has 116 valence electrons. The van der Waals surface area contributed by atoms with Crippen molar-refractivity contribution in [2.75, 3.05) is 13.2 Å². The Balaban J connectivity index is 2.55. The van der Waals surface area contributed by atoms with Crippen molar-refractivity contribution < 1.29 is 19.1 Å². The molecule has 2 aromatic rings. The first kappa shape index (κ1) is 16.7. The summed E-state index contributed by atoms with van der Waals surface area (Å²) in [6.45, 7) is 4.99. The maximum atomic E-state index is 11.9. The van der Waals surface area contributed by atoms with E-state index in [-0.39, 0.29) is 19.0 Å². The van der Waals surface area contributed by atoms with Crippen molar-refractivity contribution in [2.24, 2.45) is 0 Å². The number of aromatic nitrogens is 1. The number of carbonyl (C=O) groups is 2. The lowest BCUT2D eigenvalue weighted by Crippen LogP contribution is -2.16. The summed E-state index contributed by atoms with van der Waals surface area (Å²) in [6, 6.07) is 5.68. The number of hydrogen-bond acceptors (Lipinski definition) is 5. The molecule has 0 aliphatic rings. The van der Waals surface area contributed by atoms with Crippen molar-refractivity contribution in [3.05, 3.63) is 33.0 Å². The zero-order valence-corrected chi connectivity index (χ0v) is 14.8. The summed E-state index contributed by atoms with van der Waals surface area (Å²) in [5.41, 5.74) is 1.71. The van der Waals surface area contributed by atoms with Gasteiger partial charge in [-0.15, -0.1) is 0 Å². The lowest BCUT2D eigenvalue weighted by molar-refractivity contribution is -0.145. The molecule has 1 aromatic carbocycles. The van der Waals surface area contributed by atoms with Gasteiger partial charge >= 0.3 is 5.97 Å². The Morgan fingerprint density at radius 3 is 2.68 bits per heavy atom. The highest BCUT2D eigenvalue weighted by Gasteiger charge is 2.19. The van der Waals surface area contributed by atoms with Gasteiger partial charge in [-0.3, -0.25) is 9.78 Å². The van der Waals surface area contributed by atoms with Gasteiger partial charge in [-0.1, -0.05) is 0 Å². The Labute approximate surface area is 142 Å². The second-order valence-electron chi connectivity index (χ2n) is 4.71. The summed E-state index contributed by atoms with van der Waals surface area (Å²) in [5.74, 6) is -0.226. The Kier molecular flexibility index (Phi) is 5.33. The number of benzene rings is 1. The van der Waals surface area contributed by atoms with Crippen molar-refractivity contribution in [2.45, 2.75) is 20.8 Å². The van der Waals surface area contributed by atoms with Crippen LogP contribution in [-0.2, 0) is 9.53 Å². The van der Waals surface area contributed by atoms with Gasteiger partial charge in [-0.2, -0.15) is 0 Å². The van der Waals surface area contributed by atoms with Crippen LogP contribution in [0.25, 0.3) is 10.9 Å².